The molecule has 0 amide bonds. The van der Waals surface area contributed by atoms with E-state index in [1.165, 1.54) is 0 Å². The molecule has 0 aliphatic carbocycles. The van der Waals surface area contributed by atoms with Gasteiger partial charge in [-0.25, -0.2) is 0 Å². The Kier molecular flexibility index (Phi) is 8.89. The molecule has 0 saturated carbocycles. The molecule has 2 unspecified atom stereocenters. The van der Waals surface area contributed by atoms with Crippen molar-refractivity contribution in [3.05, 3.63) is 0 Å². The Bertz CT molecular complexity index is 127. The number of hydrogen-bond donors (Lipinski definition) is 0. The van der Waals surface area contributed by atoms with Gasteiger partial charge < -0.3 is 9.47 Å². The highest BCUT2D eigenvalue weighted by molar-refractivity contribution is 6.44. The molecule has 2 atom stereocenters. The van der Waals surface area contributed by atoms with Crippen LogP contribution in [-0.2, 0) is 9.47 Å². The fourth-order valence-corrected chi connectivity index (χ4v) is 1.01. The minimum Gasteiger partial charge on any atom is -0.373 e. The Morgan fingerprint density at radius 3 is 1.29 bits per heavy atom. The Morgan fingerprint density at radius 2 is 1.07 bits per heavy atom. The van der Waals surface area contributed by atoms with Crippen molar-refractivity contribution < 1.29 is 9.47 Å². The van der Waals surface area contributed by atoms with Crippen LogP contribution in [0.3, 0.4) is 0 Å². The molecule has 0 aromatic carbocycles. The molecule has 0 aliphatic heterocycles. The van der Waals surface area contributed by atoms with E-state index in [0.29, 0.717) is 0 Å². The smallest absolute Gasteiger partial charge is 0.131 e. The van der Waals surface area contributed by atoms with Crippen LogP contribution in [0.15, 0.2) is 0 Å². The summed E-state index contributed by atoms with van der Waals surface area (Å²) in [6.07, 6.45) is -0.191. The first-order valence-corrected chi connectivity index (χ1v) is 5.97. The molecule has 0 N–H and O–H groups in total. The average Bonchev–Trinajstić information content (AvgIpc) is 2.09. The van der Waals surface area contributed by atoms with Gasteiger partial charge in [0.1, 0.15) is 9.67 Å². The van der Waals surface area contributed by atoms with E-state index < -0.39 is 9.67 Å². The van der Waals surface area contributed by atoms with Gasteiger partial charge in [-0.05, 0) is 13.8 Å². The monoisotopic (exact) mass is 282 g/mol. The zero-order chi connectivity index (χ0) is 11.1. The normalized spacial score (nSPS) is 16.3. The molecule has 0 rings (SSSR count). The van der Waals surface area contributed by atoms with Crippen molar-refractivity contribution in [2.45, 2.75) is 35.7 Å². The quantitative estimate of drug-likeness (QED) is 0.667. The third-order valence-electron chi connectivity index (χ3n) is 1.63. The topological polar surface area (TPSA) is 18.5 Å². The van der Waals surface area contributed by atoms with Crippen LogP contribution in [0.2, 0.25) is 0 Å². The van der Waals surface area contributed by atoms with Crippen molar-refractivity contribution in [3.8, 4) is 0 Å². The number of halogens is 4. The highest BCUT2D eigenvalue weighted by Crippen LogP contribution is 2.10. The highest BCUT2D eigenvalue weighted by atomic mass is 35.5. The molecular weight excluding hydrogens is 270 g/mol. The van der Waals surface area contributed by atoms with E-state index in [9.17, 15) is 0 Å². The summed E-state index contributed by atoms with van der Waals surface area (Å²) in [6, 6.07) is 0. The molecule has 0 spiro atoms. The van der Waals surface area contributed by atoms with Crippen molar-refractivity contribution >= 4 is 46.4 Å². The van der Waals surface area contributed by atoms with E-state index >= 15 is 0 Å². The molecule has 0 aromatic heterocycles. The second-order valence-electron chi connectivity index (χ2n) is 2.86. The van der Waals surface area contributed by atoms with Gasteiger partial charge >= 0.3 is 0 Å². The number of ether oxygens (including phenoxy) is 2. The van der Waals surface area contributed by atoms with Crippen LogP contribution in [-0.4, -0.2) is 35.1 Å². The summed E-state index contributed by atoms with van der Waals surface area (Å²) in [5, 5.41) is 0. The Balaban J connectivity index is 3.59. The van der Waals surface area contributed by atoms with Crippen molar-refractivity contribution in [1.29, 1.82) is 0 Å². The molecule has 0 radical (unpaired) electrons. The first-order valence-electron chi connectivity index (χ1n) is 4.23. The van der Waals surface area contributed by atoms with Crippen LogP contribution >= 0.6 is 46.4 Å². The highest BCUT2D eigenvalue weighted by Gasteiger charge is 2.15. The van der Waals surface area contributed by atoms with Crippen molar-refractivity contribution in [2.24, 2.45) is 0 Å². The summed E-state index contributed by atoms with van der Waals surface area (Å²) in [6.45, 7) is 4.31. The molecule has 6 heteroatoms. The maximum Gasteiger partial charge on any atom is 0.131 e. The number of rotatable bonds is 7. The Labute approximate surface area is 105 Å². The largest absolute Gasteiger partial charge is 0.373 e. The van der Waals surface area contributed by atoms with Crippen molar-refractivity contribution in [1.82, 2.24) is 0 Å². The molecule has 86 valence electrons. The number of alkyl halides is 4. The van der Waals surface area contributed by atoms with Gasteiger partial charge in [0, 0.05) is 0 Å². The van der Waals surface area contributed by atoms with Crippen LogP contribution in [0.5, 0.6) is 0 Å². The number of hydrogen-bond acceptors (Lipinski definition) is 2. The van der Waals surface area contributed by atoms with E-state index in [4.69, 9.17) is 55.9 Å². The lowest BCUT2D eigenvalue weighted by atomic mass is 10.2. The summed E-state index contributed by atoms with van der Waals surface area (Å²) in [7, 11) is 0. The predicted molar refractivity (Wildman–Crippen MR) is 61.8 cm³/mol. The van der Waals surface area contributed by atoms with E-state index in [0.717, 1.165) is 0 Å². The molecule has 0 heterocycles. The minimum atomic E-state index is -0.515. The maximum absolute atomic E-state index is 5.51. The summed E-state index contributed by atoms with van der Waals surface area (Å²) in [4.78, 5) is -1.03. The summed E-state index contributed by atoms with van der Waals surface area (Å²) in [5.74, 6) is 0. The van der Waals surface area contributed by atoms with Crippen LogP contribution in [0, 0.1) is 0 Å². The predicted octanol–water partition coefficient (Wildman–Crippen LogP) is 3.40. The molecule has 2 nitrogen and oxygen atoms in total. The minimum absolute atomic E-state index is 0.0953. The van der Waals surface area contributed by atoms with Gasteiger partial charge in [-0.1, -0.05) is 0 Å². The SMILES string of the molecule is CC(OCC(Cl)Cl)C(C)OCC(Cl)Cl. The lowest BCUT2D eigenvalue weighted by molar-refractivity contribution is -0.0506. The molecule has 0 aromatic rings. The molecule has 0 aliphatic rings. The van der Waals surface area contributed by atoms with Crippen LogP contribution in [0.1, 0.15) is 13.8 Å². The van der Waals surface area contributed by atoms with Crippen LogP contribution in [0.4, 0.5) is 0 Å². The third-order valence-corrected chi connectivity index (χ3v) is 2.14. The molecular formula is C8H14Cl4O2. The fourth-order valence-electron chi connectivity index (χ4n) is 0.720. The van der Waals surface area contributed by atoms with Gasteiger partial charge in [-0.2, -0.15) is 0 Å². The fraction of sp³-hybridized carbons (Fsp3) is 1.00. The Morgan fingerprint density at radius 1 is 0.786 bits per heavy atom. The van der Waals surface area contributed by atoms with Gasteiger partial charge in [-0.3, -0.25) is 0 Å². The third kappa shape index (κ3) is 8.39. The zero-order valence-corrected chi connectivity index (χ0v) is 11.1. The molecule has 14 heavy (non-hydrogen) atoms. The molecule has 0 saturated heterocycles. The van der Waals surface area contributed by atoms with E-state index in [-0.39, 0.29) is 25.4 Å². The van der Waals surface area contributed by atoms with Gasteiger partial charge in [0.25, 0.3) is 0 Å². The van der Waals surface area contributed by atoms with Crippen molar-refractivity contribution in [3.63, 3.8) is 0 Å². The average molecular weight is 284 g/mol. The summed E-state index contributed by atoms with van der Waals surface area (Å²) in [5.41, 5.74) is 0. The van der Waals surface area contributed by atoms with Crippen molar-refractivity contribution in [2.75, 3.05) is 13.2 Å². The second-order valence-corrected chi connectivity index (χ2v) is 5.41. The van der Waals surface area contributed by atoms with Gasteiger partial charge in [0.2, 0.25) is 0 Å². The van der Waals surface area contributed by atoms with Gasteiger partial charge in [-0.15, -0.1) is 46.4 Å². The first kappa shape index (κ1) is 15.1. The zero-order valence-electron chi connectivity index (χ0n) is 8.05. The summed E-state index contributed by atoms with van der Waals surface area (Å²) >= 11 is 22.0. The second kappa shape index (κ2) is 8.26. The van der Waals surface area contributed by atoms with Gasteiger partial charge in [0.05, 0.1) is 25.4 Å². The van der Waals surface area contributed by atoms with Crippen LogP contribution < -0.4 is 0 Å². The maximum atomic E-state index is 5.51. The van der Waals surface area contributed by atoms with E-state index in [2.05, 4.69) is 0 Å². The lowest BCUT2D eigenvalue weighted by Crippen LogP contribution is -2.29. The standard InChI is InChI=1S/C8H14Cl4O2/c1-5(13-3-7(9)10)6(2)14-4-8(11)12/h5-8H,3-4H2,1-2H3. The summed E-state index contributed by atoms with van der Waals surface area (Å²) < 4.78 is 10.6. The lowest BCUT2D eigenvalue weighted by Gasteiger charge is -2.21. The Hall–Kier alpha value is 1.08. The van der Waals surface area contributed by atoms with Gasteiger partial charge in [0.15, 0.2) is 0 Å². The van der Waals surface area contributed by atoms with E-state index in [1.807, 2.05) is 13.8 Å². The molecule has 0 fully saturated rings. The van der Waals surface area contributed by atoms with Crippen LogP contribution in [0.25, 0.3) is 0 Å². The molecule has 0 bridgehead atoms. The van der Waals surface area contributed by atoms with E-state index in [1.54, 1.807) is 0 Å². The first-order chi connectivity index (χ1) is 6.43.